The molecule has 88 valence electrons. The number of carbonyl (C=O) groups is 1. The van der Waals surface area contributed by atoms with E-state index < -0.39 is 0 Å². The first-order valence-corrected chi connectivity index (χ1v) is 5.80. The normalized spacial score (nSPS) is 12.5. The fraction of sp³-hybridized carbons (Fsp3) is 0.500. The van der Waals surface area contributed by atoms with Crippen molar-refractivity contribution in [3.8, 4) is 0 Å². The molecule has 0 amide bonds. The van der Waals surface area contributed by atoms with Crippen LogP contribution in [0, 0.1) is 5.92 Å². The van der Waals surface area contributed by atoms with E-state index in [1.807, 2.05) is 51.1 Å². The van der Waals surface area contributed by atoms with Crippen molar-refractivity contribution in [2.45, 2.75) is 33.1 Å². The van der Waals surface area contributed by atoms with E-state index in [1.54, 1.807) is 0 Å². The van der Waals surface area contributed by atoms with Crippen molar-refractivity contribution in [2.24, 2.45) is 5.92 Å². The van der Waals surface area contributed by atoms with E-state index >= 15 is 0 Å². The highest BCUT2D eigenvalue weighted by atomic mass is 16.5. The van der Waals surface area contributed by atoms with E-state index in [9.17, 15) is 4.79 Å². The van der Waals surface area contributed by atoms with Gasteiger partial charge in [0, 0.05) is 0 Å². The molecule has 0 N–H and O–H groups in total. The molecule has 16 heavy (non-hydrogen) atoms. The summed E-state index contributed by atoms with van der Waals surface area (Å²) in [5, 5.41) is 0. The summed E-state index contributed by atoms with van der Waals surface area (Å²) in [6, 6.07) is 10.0. The summed E-state index contributed by atoms with van der Waals surface area (Å²) in [4.78, 5) is 11.5. The molecule has 0 radical (unpaired) electrons. The van der Waals surface area contributed by atoms with Crippen LogP contribution >= 0.6 is 0 Å². The maximum Gasteiger partial charge on any atom is 0.306 e. The van der Waals surface area contributed by atoms with Gasteiger partial charge < -0.3 is 4.74 Å². The second-order valence-corrected chi connectivity index (χ2v) is 4.59. The number of hydrogen-bond acceptors (Lipinski definition) is 2. The van der Waals surface area contributed by atoms with Gasteiger partial charge in [-0.2, -0.15) is 0 Å². The van der Waals surface area contributed by atoms with Gasteiger partial charge in [-0.05, 0) is 17.4 Å². The van der Waals surface area contributed by atoms with Gasteiger partial charge >= 0.3 is 5.97 Å². The van der Waals surface area contributed by atoms with Crippen molar-refractivity contribution in [3.05, 3.63) is 35.9 Å². The van der Waals surface area contributed by atoms with Gasteiger partial charge in [0.15, 0.2) is 0 Å². The standard InChI is InChI=1S/C14H20O2/c1-11(2)10-16-14(15)9-12(3)13-7-5-4-6-8-13/h4-8,11-12H,9-10H2,1-3H3/t12-/m0/s1. The van der Waals surface area contributed by atoms with Gasteiger partial charge in [-0.1, -0.05) is 51.1 Å². The molecule has 1 aromatic carbocycles. The molecule has 0 bridgehead atoms. The van der Waals surface area contributed by atoms with Gasteiger partial charge in [0.1, 0.15) is 0 Å². The van der Waals surface area contributed by atoms with Crippen LogP contribution in [0.15, 0.2) is 30.3 Å². The first-order chi connectivity index (χ1) is 7.59. The van der Waals surface area contributed by atoms with Crippen LogP contribution in [-0.4, -0.2) is 12.6 Å². The topological polar surface area (TPSA) is 26.3 Å². The van der Waals surface area contributed by atoms with Crippen LogP contribution in [0.1, 0.15) is 38.7 Å². The summed E-state index contributed by atoms with van der Waals surface area (Å²) >= 11 is 0. The van der Waals surface area contributed by atoms with Crippen LogP contribution in [0.5, 0.6) is 0 Å². The fourth-order valence-electron chi connectivity index (χ4n) is 1.47. The molecular formula is C14H20O2. The van der Waals surface area contributed by atoms with E-state index in [0.717, 1.165) is 0 Å². The summed E-state index contributed by atoms with van der Waals surface area (Å²) in [7, 11) is 0. The predicted molar refractivity (Wildman–Crippen MR) is 65.3 cm³/mol. The molecule has 1 rings (SSSR count). The van der Waals surface area contributed by atoms with E-state index in [1.165, 1.54) is 5.56 Å². The average Bonchev–Trinajstić information content (AvgIpc) is 2.27. The lowest BCUT2D eigenvalue weighted by molar-refractivity contribution is -0.145. The Morgan fingerprint density at radius 3 is 2.38 bits per heavy atom. The Labute approximate surface area is 97.6 Å². The van der Waals surface area contributed by atoms with Gasteiger partial charge in [-0.3, -0.25) is 4.79 Å². The van der Waals surface area contributed by atoms with E-state index in [0.29, 0.717) is 18.9 Å². The molecule has 2 heteroatoms. The van der Waals surface area contributed by atoms with E-state index in [-0.39, 0.29) is 11.9 Å². The highest BCUT2D eigenvalue weighted by Crippen LogP contribution is 2.18. The Hall–Kier alpha value is -1.31. The zero-order chi connectivity index (χ0) is 12.0. The first-order valence-electron chi connectivity index (χ1n) is 5.80. The smallest absolute Gasteiger partial charge is 0.306 e. The maximum atomic E-state index is 11.5. The zero-order valence-electron chi connectivity index (χ0n) is 10.3. The van der Waals surface area contributed by atoms with Crippen molar-refractivity contribution in [1.82, 2.24) is 0 Å². The lowest BCUT2D eigenvalue weighted by atomic mass is 9.98. The number of esters is 1. The zero-order valence-corrected chi connectivity index (χ0v) is 10.3. The quantitative estimate of drug-likeness (QED) is 0.711. The van der Waals surface area contributed by atoms with Gasteiger partial charge in [0.05, 0.1) is 13.0 Å². The molecule has 0 unspecified atom stereocenters. The molecule has 0 heterocycles. The Balaban J connectivity index is 2.40. The number of benzene rings is 1. The van der Waals surface area contributed by atoms with E-state index in [4.69, 9.17) is 4.74 Å². The number of ether oxygens (including phenoxy) is 1. The highest BCUT2D eigenvalue weighted by Gasteiger charge is 2.12. The summed E-state index contributed by atoms with van der Waals surface area (Å²) in [5.74, 6) is 0.516. The molecule has 0 aliphatic rings. The Morgan fingerprint density at radius 1 is 1.19 bits per heavy atom. The molecule has 1 aromatic rings. The predicted octanol–water partition coefficient (Wildman–Crippen LogP) is 3.38. The molecule has 0 fully saturated rings. The second-order valence-electron chi connectivity index (χ2n) is 4.59. The number of hydrogen-bond donors (Lipinski definition) is 0. The lowest BCUT2D eigenvalue weighted by Crippen LogP contribution is -2.12. The molecule has 2 nitrogen and oxygen atoms in total. The molecular weight excluding hydrogens is 200 g/mol. The van der Waals surface area contributed by atoms with E-state index in [2.05, 4.69) is 0 Å². The van der Waals surface area contributed by atoms with Crippen LogP contribution < -0.4 is 0 Å². The Bertz CT molecular complexity index is 317. The highest BCUT2D eigenvalue weighted by molar-refractivity contribution is 5.70. The average molecular weight is 220 g/mol. The van der Waals surface area contributed by atoms with Gasteiger partial charge in [-0.15, -0.1) is 0 Å². The third kappa shape index (κ3) is 4.47. The maximum absolute atomic E-state index is 11.5. The molecule has 0 aliphatic heterocycles. The van der Waals surface area contributed by atoms with Crippen molar-refractivity contribution in [1.29, 1.82) is 0 Å². The Morgan fingerprint density at radius 2 is 1.81 bits per heavy atom. The third-order valence-corrected chi connectivity index (χ3v) is 2.42. The Kier molecular flexibility index (Phi) is 5.03. The summed E-state index contributed by atoms with van der Waals surface area (Å²) in [6.45, 7) is 6.63. The molecule has 0 aliphatic carbocycles. The molecule has 0 saturated carbocycles. The minimum absolute atomic E-state index is 0.106. The van der Waals surface area contributed by atoms with Gasteiger partial charge in [0.2, 0.25) is 0 Å². The van der Waals surface area contributed by atoms with Crippen molar-refractivity contribution in [3.63, 3.8) is 0 Å². The third-order valence-electron chi connectivity index (χ3n) is 2.42. The van der Waals surface area contributed by atoms with Crippen LogP contribution in [0.3, 0.4) is 0 Å². The van der Waals surface area contributed by atoms with Gasteiger partial charge in [-0.25, -0.2) is 0 Å². The second kappa shape index (κ2) is 6.31. The molecule has 0 spiro atoms. The monoisotopic (exact) mass is 220 g/mol. The SMILES string of the molecule is CC(C)COC(=O)C[C@H](C)c1ccccc1. The van der Waals surface area contributed by atoms with Crippen molar-refractivity contribution < 1.29 is 9.53 Å². The lowest BCUT2D eigenvalue weighted by Gasteiger charge is -2.12. The number of rotatable bonds is 5. The first kappa shape index (κ1) is 12.8. The van der Waals surface area contributed by atoms with Crippen LogP contribution in [-0.2, 0) is 9.53 Å². The minimum Gasteiger partial charge on any atom is -0.465 e. The summed E-state index contributed by atoms with van der Waals surface area (Å²) < 4.78 is 5.16. The summed E-state index contributed by atoms with van der Waals surface area (Å²) in [5.41, 5.74) is 1.18. The fourth-order valence-corrected chi connectivity index (χ4v) is 1.47. The summed E-state index contributed by atoms with van der Waals surface area (Å²) in [6.07, 6.45) is 0.455. The van der Waals surface area contributed by atoms with Crippen molar-refractivity contribution in [2.75, 3.05) is 6.61 Å². The van der Waals surface area contributed by atoms with Gasteiger partial charge in [0.25, 0.3) is 0 Å². The van der Waals surface area contributed by atoms with Crippen LogP contribution in [0.25, 0.3) is 0 Å². The number of carbonyl (C=O) groups excluding carboxylic acids is 1. The molecule has 0 saturated heterocycles. The molecule has 1 atom stereocenters. The van der Waals surface area contributed by atoms with Crippen molar-refractivity contribution >= 4 is 5.97 Å². The molecule has 0 aromatic heterocycles. The largest absolute Gasteiger partial charge is 0.465 e. The van der Waals surface area contributed by atoms with Crippen LogP contribution in [0.2, 0.25) is 0 Å². The van der Waals surface area contributed by atoms with Crippen LogP contribution in [0.4, 0.5) is 0 Å². The minimum atomic E-state index is -0.106.